The first-order valence-electron chi connectivity index (χ1n) is 6.21. The SMILES string of the molecule is Cc1ccc(Br)c(NC(=O)C(=O)NCC(C)(C)CO)c1. The smallest absolute Gasteiger partial charge is 0.313 e. The molecule has 2 amide bonds. The van der Waals surface area contributed by atoms with Crippen molar-refractivity contribution in [3.63, 3.8) is 0 Å². The molecule has 0 fully saturated rings. The van der Waals surface area contributed by atoms with Crippen LogP contribution in [0.15, 0.2) is 22.7 Å². The van der Waals surface area contributed by atoms with E-state index in [-0.39, 0.29) is 13.2 Å². The van der Waals surface area contributed by atoms with Crippen LogP contribution in [0, 0.1) is 12.3 Å². The van der Waals surface area contributed by atoms with Gasteiger partial charge in [0.25, 0.3) is 0 Å². The van der Waals surface area contributed by atoms with Crippen LogP contribution in [0.25, 0.3) is 0 Å². The second-order valence-corrected chi connectivity index (χ2v) is 6.30. The molecule has 3 N–H and O–H groups in total. The van der Waals surface area contributed by atoms with Crippen molar-refractivity contribution in [2.24, 2.45) is 5.41 Å². The molecule has 0 aromatic heterocycles. The zero-order valence-electron chi connectivity index (χ0n) is 11.8. The normalized spacial score (nSPS) is 11.1. The summed E-state index contributed by atoms with van der Waals surface area (Å²) in [5, 5.41) is 14.1. The predicted octanol–water partition coefficient (Wildman–Crippen LogP) is 1.83. The topological polar surface area (TPSA) is 78.4 Å². The van der Waals surface area contributed by atoms with Gasteiger partial charge in [-0.3, -0.25) is 9.59 Å². The van der Waals surface area contributed by atoms with Gasteiger partial charge >= 0.3 is 11.8 Å². The lowest BCUT2D eigenvalue weighted by Crippen LogP contribution is -2.41. The molecule has 1 rings (SSSR count). The highest BCUT2D eigenvalue weighted by atomic mass is 79.9. The molecule has 0 radical (unpaired) electrons. The molecule has 0 spiro atoms. The van der Waals surface area contributed by atoms with E-state index < -0.39 is 17.2 Å². The van der Waals surface area contributed by atoms with E-state index in [1.165, 1.54) is 0 Å². The summed E-state index contributed by atoms with van der Waals surface area (Å²) >= 11 is 3.31. The van der Waals surface area contributed by atoms with Gasteiger partial charge in [-0.1, -0.05) is 19.9 Å². The lowest BCUT2D eigenvalue weighted by molar-refractivity contribution is -0.136. The monoisotopic (exact) mass is 342 g/mol. The zero-order chi connectivity index (χ0) is 15.3. The van der Waals surface area contributed by atoms with Crippen LogP contribution in [0.2, 0.25) is 0 Å². The molecule has 20 heavy (non-hydrogen) atoms. The van der Waals surface area contributed by atoms with E-state index in [1.54, 1.807) is 26.0 Å². The second kappa shape index (κ2) is 6.85. The number of aliphatic hydroxyl groups excluding tert-OH is 1. The van der Waals surface area contributed by atoms with Crippen LogP contribution < -0.4 is 10.6 Å². The molecule has 110 valence electrons. The van der Waals surface area contributed by atoms with Gasteiger partial charge < -0.3 is 15.7 Å². The van der Waals surface area contributed by atoms with Crippen molar-refractivity contribution in [3.8, 4) is 0 Å². The highest BCUT2D eigenvalue weighted by Gasteiger charge is 2.21. The number of rotatable bonds is 4. The third-order valence-electron chi connectivity index (χ3n) is 2.73. The molecule has 0 heterocycles. The Kier molecular flexibility index (Phi) is 5.71. The number of amides is 2. The summed E-state index contributed by atoms with van der Waals surface area (Å²) in [5.74, 6) is -1.45. The summed E-state index contributed by atoms with van der Waals surface area (Å²) in [6, 6.07) is 5.47. The molecule has 0 aliphatic rings. The van der Waals surface area contributed by atoms with E-state index in [0.717, 1.165) is 5.56 Å². The molecule has 0 aliphatic heterocycles. The molecule has 6 heteroatoms. The Labute approximate surface area is 126 Å². The summed E-state index contributed by atoms with van der Waals surface area (Å²) in [4.78, 5) is 23.5. The fraction of sp³-hybridized carbons (Fsp3) is 0.429. The maximum Gasteiger partial charge on any atom is 0.313 e. The van der Waals surface area contributed by atoms with Crippen LogP contribution in [-0.4, -0.2) is 30.1 Å². The van der Waals surface area contributed by atoms with Gasteiger partial charge in [-0.15, -0.1) is 0 Å². The average Bonchev–Trinajstić information content (AvgIpc) is 2.40. The van der Waals surface area contributed by atoms with Gasteiger partial charge in [-0.25, -0.2) is 0 Å². The number of anilines is 1. The fourth-order valence-electron chi connectivity index (χ4n) is 1.37. The Morgan fingerprint density at radius 3 is 2.55 bits per heavy atom. The van der Waals surface area contributed by atoms with Crippen molar-refractivity contribution < 1.29 is 14.7 Å². The second-order valence-electron chi connectivity index (χ2n) is 5.44. The van der Waals surface area contributed by atoms with Gasteiger partial charge in [0.1, 0.15) is 0 Å². The molecule has 0 saturated heterocycles. The van der Waals surface area contributed by atoms with Gasteiger partial charge in [0, 0.05) is 23.0 Å². The number of hydrogen-bond acceptors (Lipinski definition) is 3. The molecular formula is C14H19BrN2O3. The molecular weight excluding hydrogens is 324 g/mol. The van der Waals surface area contributed by atoms with Crippen molar-refractivity contribution in [3.05, 3.63) is 28.2 Å². The molecule has 0 aliphatic carbocycles. The van der Waals surface area contributed by atoms with E-state index in [0.29, 0.717) is 10.2 Å². The Morgan fingerprint density at radius 1 is 1.30 bits per heavy atom. The van der Waals surface area contributed by atoms with Gasteiger partial charge in [0.15, 0.2) is 0 Å². The summed E-state index contributed by atoms with van der Waals surface area (Å²) in [7, 11) is 0. The number of hydrogen-bond donors (Lipinski definition) is 3. The van der Waals surface area contributed by atoms with E-state index in [4.69, 9.17) is 5.11 Å². The van der Waals surface area contributed by atoms with Crippen molar-refractivity contribution in [1.29, 1.82) is 0 Å². The number of carbonyl (C=O) groups is 2. The van der Waals surface area contributed by atoms with Crippen LogP contribution in [0.4, 0.5) is 5.69 Å². The molecule has 0 unspecified atom stereocenters. The van der Waals surface area contributed by atoms with Crippen LogP contribution in [0.5, 0.6) is 0 Å². The first-order chi connectivity index (χ1) is 9.25. The number of nitrogens with one attached hydrogen (secondary N) is 2. The number of halogens is 1. The van der Waals surface area contributed by atoms with E-state index >= 15 is 0 Å². The lowest BCUT2D eigenvalue weighted by atomic mass is 9.95. The quantitative estimate of drug-likeness (QED) is 0.730. The standard InChI is InChI=1S/C14H19BrN2O3/c1-9-4-5-10(15)11(6-9)17-13(20)12(19)16-7-14(2,3)8-18/h4-6,18H,7-8H2,1-3H3,(H,16,19)(H,17,20). The predicted molar refractivity (Wildman–Crippen MR) is 81.4 cm³/mol. The first-order valence-corrected chi connectivity index (χ1v) is 7.01. The third kappa shape index (κ3) is 4.94. The molecule has 1 aromatic carbocycles. The maximum atomic E-state index is 11.8. The Balaban J connectivity index is 2.62. The summed E-state index contributed by atoms with van der Waals surface area (Å²) in [6.45, 7) is 5.64. The Morgan fingerprint density at radius 2 is 1.95 bits per heavy atom. The Bertz CT molecular complexity index is 515. The van der Waals surface area contributed by atoms with E-state index in [2.05, 4.69) is 26.6 Å². The van der Waals surface area contributed by atoms with Crippen LogP contribution in [-0.2, 0) is 9.59 Å². The van der Waals surface area contributed by atoms with Crippen LogP contribution >= 0.6 is 15.9 Å². The Hall–Kier alpha value is -1.40. The largest absolute Gasteiger partial charge is 0.396 e. The number of aryl methyl sites for hydroxylation is 1. The van der Waals surface area contributed by atoms with Crippen molar-refractivity contribution >= 4 is 33.4 Å². The van der Waals surface area contributed by atoms with Gasteiger partial charge in [-0.2, -0.15) is 0 Å². The number of benzene rings is 1. The number of aliphatic hydroxyl groups is 1. The van der Waals surface area contributed by atoms with Crippen molar-refractivity contribution in [2.45, 2.75) is 20.8 Å². The molecule has 0 saturated carbocycles. The molecule has 5 nitrogen and oxygen atoms in total. The van der Waals surface area contributed by atoms with E-state index in [9.17, 15) is 9.59 Å². The molecule has 0 atom stereocenters. The summed E-state index contributed by atoms with van der Waals surface area (Å²) < 4.78 is 0.708. The highest BCUT2D eigenvalue weighted by Crippen LogP contribution is 2.23. The van der Waals surface area contributed by atoms with Crippen LogP contribution in [0.1, 0.15) is 19.4 Å². The fourth-order valence-corrected chi connectivity index (χ4v) is 1.72. The van der Waals surface area contributed by atoms with Crippen LogP contribution in [0.3, 0.4) is 0 Å². The average molecular weight is 343 g/mol. The van der Waals surface area contributed by atoms with Crippen molar-refractivity contribution in [2.75, 3.05) is 18.5 Å². The minimum Gasteiger partial charge on any atom is -0.396 e. The summed E-state index contributed by atoms with van der Waals surface area (Å²) in [5.41, 5.74) is 1.07. The molecule has 1 aromatic rings. The minimum atomic E-state index is -0.731. The highest BCUT2D eigenvalue weighted by molar-refractivity contribution is 9.10. The van der Waals surface area contributed by atoms with E-state index in [1.807, 2.05) is 13.0 Å². The number of carbonyl (C=O) groups excluding carboxylic acids is 2. The third-order valence-corrected chi connectivity index (χ3v) is 3.42. The maximum absolute atomic E-state index is 11.8. The minimum absolute atomic E-state index is 0.0711. The van der Waals surface area contributed by atoms with Gasteiger partial charge in [0.05, 0.1) is 5.69 Å². The summed E-state index contributed by atoms with van der Waals surface area (Å²) in [6.07, 6.45) is 0. The zero-order valence-corrected chi connectivity index (χ0v) is 13.4. The molecule has 0 bridgehead atoms. The first kappa shape index (κ1) is 16.7. The lowest BCUT2D eigenvalue weighted by Gasteiger charge is -2.21. The van der Waals surface area contributed by atoms with Crippen molar-refractivity contribution in [1.82, 2.24) is 5.32 Å². The van der Waals surface area contributed by atoms with Gasteiger partial charge in [0.2, 0.25) is 0 Å². The van der Waals surface area contributed by atoms with Gasteiger partial charge in [-0.05, 0) is 40.5 Å².